The Morgan fingerprint density at radius 2 is 2.26 bits per heavy atom. The van der Waals surface area contributed by atoms with Crippen molar-refractivity contribution in [1.29, 1.82) is 0 Å². The van der Waals surface area contributed by atoms with Crippen molar-refractivity contribution in [2.45, 2.75) is 32.3 Å². The van der Waals surface area contributed by atoms with Gasteiger partial charge in [-0.15, -0.1) is 0 Å². The van der Waals surface area contributed by atoms with Gasteiger partial charge in [-0.1, -0.05) is 13.8 Å². The van der Waals surface area contributed by atoms with Crippen LogP contribution in [0.5, 0.6) is 0 Å². The number of anilines is 1. The van der Waals surface area contributed by atoms with E-state index in [4.69, 9.17) is 9.47 Å². The second-order valence-corrected chi connectivity index (χ2v) is 5.81. The van der Waals surface area contributed by atoms with Crippen molar-refractivity contribution in [3.63, 3.8) is 0 Å². The third-order valence-electron chi connectivity index (χ3n) is 4.47. The Labute approximate surface area is 138 Å². The molecule has 0 aliphatic carbocycles. The molecule has 0 bridgehead atoms. The lowest BCUT2D eigenvalue weighted by Crippen LogP contribution is -2.51. The van der Waals surface area contributed by atoms with Gasteiger partial charge in [0.2, 0.25) is 0 Å². The first kappa shape index (κ1) is 17.7. The maximum Gasteiger partial charge on any atom is 0.270 e. The molecule has 1 N–H and O–H groups in total. The number of nitrogens with one attached hydrogen (secondary N) is 1. The number of methoxy groups -OCH3 is 1. The van der Waals surface area contributed by atoms with Crippen molar-refractivity contribution >= 4 is 11.6 Å². The van der Waals surface area contributed by atoms with Crippen LogP contribution in [0.4, 0.5) is 5.69 Å². The lowest BCUT2D eigenvalue weighted by Gasteiger charge is -2.43. The highest BCUT2D eigenvalue weighted by atomic mass is 16.5. The zero-order chi connectivity index (χ0) is 16.7. The predicted molar refractivity (Wildman–Crippen MR) is 89.9 cm³/mol. The number of hydrogen-bond acceptors (Lipinski definition) is 5. The Bertz CT molecular complexity index is 518. The second kappa shape index (κ2) is 8.26. The summed E-state index contributed by atoms with van der Waals surface area (Å²) in [5, 5.41) is 2.80. The predicted octanol–water partition coefficient (Wildman–Crippen LogP) is 1.85. The van der Waals surface area contributed by atoms with Gasteiger partial charge in [0.25, 0.3) is 5.91 Å². The fraction of sp³-hybridized carbons (Fsp3) is 0.647. The maximum atomic E-state index is 12.1. The molecule has 1 fully saturated rings. The second-order valence-electron chi connectivity index (χ2n) is 5.81. The minimum atomic E-state index is -0.172. The molecule has 0 saturated carbocycles. The summed E-state index contributed by atoms with van der Waals surface area (Å²) in [6.45, 7) is 7.67. The molecule has 2 rings (SSSR count). The first-order chi connectivity index (χ1) is 11.1. The number of ether oxygens (including phenoxy) is 2. The number of carbonyl (C=O) groups excluding carboxylic acids is 1. The van der Waals surface area contributed by atoms with Crippen LogP contribution < -0.4 is 10.2 Å². The molecule has 1 amide bonds. The fourth-order valence-electron chi connectivity index (χ4n) is 2.84. The van der Waals surface area contributed by atoms with Gasteiger partial charge < -0.3 is 19.7 Å². The van der Waals surface area contributed by atoms with Crippen LogP contribution in [0, 0.1) is 0 Å². The third-order valence-corrected chi connectivity index (χ3v) is 4.47. The average molecular weight is 321 g/mol. The first-order valence-electron chi connectivity index (χ1n) is 8.26. The Hall–Kier alpha value is -1.66. The van der Waals surface area contributed by atoms with Gasteiger partial charge in [0, 0.05) is 38.6 Å². The monoisotopic (exact) mass is 321 g/mol. The normalized spacial score (nSPS) is 17.1. The number of hydrogen-bond donors (Lipinski definition) is 1. The topological polar surface area (TPSA) is 63.7 Å². The van der Waals surface area contributed by atoms with Crippen LogP contribution in [0.15, 0.2) is 18.3 Å². The number of nitrogens with zero attached hydrogens (tertiary/aromatic N) is 2. The van der Waals surface area contributed by atoms with E-state index in [9.17, 15) is 4.79 Å². The Balaban J connectivity index is 2.08. The molecule has 1 aliphatic heterocycles. The van der Waals surface area contributed by atoms with E-state index in [2.05, 4.69) is 29.0 Å². The Morgan fingerprint density at radius 3 is 2.96 bits per heavy atom. The number of morpholine rings is 1. The quantitative estimate of drug-likeness (QED) is 0.777. The number of amides is 1. The lowest BCUT2D eigenvalue weighted by atomic mass is 9.94. The fourth-order valence-corrected chi connectivity index (χ4v) is 2.84. The van der Waals surface area contributed by atoms with Crippen LogP contribution in [0.2, 0.25) is 0 Å². The number of pyridine rings is 1. The number of aromatic nitrogens is 1. The van der Waals surface area contributed by atoms with Crippen LogP contribution in [0.1, 0.15) is 37.2 Å². The van der Waals surface area contributed by atoms with Crippen molar-refractivity contribution in [2.24, 2.45) is 0 Å². The van der Waals surface area contributed by atoms with E-state index < -0.39 is 0 Å². The third kappa shape index (κ3) is 4.42. The smallest absolute Gasteiger partial charge is 0.270 e. The van der Waals surface area contributed by atoms with Gasteiger partial charge >= 0.3 is 0 Å². The zero-order valence-corrected chi connectivity index (χ0v) is 14.3. The molecule has 1 aliphatic rings. The molecular formula is C17H27N3O3. The van der Waals surface area contributed by atoms with E-state index >= 15 is 0 Å². The summed E-state index contributed by atoms with van der Waals surface area (Å²) < 4.78 is 10.9. The Kier molecular flexibility index (Phi) is 6.36. The number of carbonyl (C=O) groups is 1. The van der Waals surface area contributed by atoms with E-state index in [0.717, 1.165) is 31.6 Å². The highest BCUT2D eigenvalue weighted by Gasteiger charge is 2.33. The highest BCUT2D eigenvalue weighted by molar-refractivity contribution is 5.93. The van der Waals surface area contributed by atoms with Crippen molar-refractivity contribution in [2.75, 3.05) is 44.9 Å². The SMILES string of the molecule is CCC1(CC)CN(c2ccnc(C(=O)NCCOC)c2)CCO1. The zero-order valence-electron chi connectivity index (χ0n) is 14.3. The summed E-state index contributed by atoms with van der Waals surface area (Å²) >= 11 is 0. The van der Waals surface area contributed by atoms with Crippen molar-refractivity contribution < 1.29 is 14.3 Å². The molecule has 6 heteroatoms. The largest absolute Gasteiger partial charge is 0.383 e. The van der Waals surface area contributed by atoms with Crippen LogP contribution in [-0.4, -0.2) is 56.5 Å². The molecule has 6 nitrogen and oxygen atoms in total. The molecule has 0 atom stereocenters. The average Bonchev–Trinajstić information content (AvgIpc) is 2.62. The van der Waals surface area contributed by atoms with Gasteiger partial charge in [0.05, 0.1) is 18.8 Å². The standard InChI is InChI=1S/C17H27N3O3/c1-4-17(5-2)13-20(9-11-23-17)14-6-7-18-15(12-14)16(21)19-8-10-22-3/h6-7,12H,4-5,8-11,13H2,1-3H3,(H,19,21). The van der Waals surface area contributed by atoms with Crippen LogP contribution in [-0.2, 0) is 9.47 Å². The first-order valence-corrected chi connectivity index (χ1v) is 8.26. The van der Waals surface area contributed by atoms with Crippen LogP contribution >= 0.6 is 0 Å². The van der Waals surface area contributed by atoms with E-state index in [-0.39, 0.29) is 11.5 Å². The maximum absolute atomic E-state index is 12.1. The van der Waals surface area contributed by atoms with Gasteiger partial charge in [-0.05, 0) is 25.0 Å². The van der Waals surface area contributed by atoms with E-state index in [1.165, 1.54) is 0 Å². The molecule has 2 heterocycles. The van der Waals surface area contributed by atoms with Crippen molar-refractivity contribution in [3.8, 4) is 0 Å². The molecule has 1 saturated heterocycles. The van der Waals surface area contributed by atoms with Gasteiger partial charge in [0.15, 0.2) is 0 Å². The molecular weight excluding hydrogens is 294 g/mol. The molecule has 0 spiro atoms. The van der Waals surface area contributed by atoms with Gasteiger partial charge in [-0.2, -0.15) is 0 Å². The summed E-state index contributed by atoms with van der Waals surface area (Å²) in [6.07, 6.45) is 3.65. The summed E-state index contributed by atoms with van der Waals surface area (Å²) in [5.74, 6) is -0.172. The van der Waals surface area contributed by atoms with Gasteiger partial charge in [-0.3, -0.25) is 9.78 Å². The molecule has 1 aromatic rings. The minimum Gasteiger partial charge on any atom is -0.383 e. The summed E-state index contributed by atoms with van der Waals surface area (Å²) in [7, 11) is 1.61. The molecule has 0 radical (unpaired) electrons. The summed E-state index contributed by atoms with van der Waals surface area (Å²) in [5.41, 5.74) is 1.36. The van der Waals surface area contributed by atoms with Crippen molar-refractivity contribution in [1.82, 2.24) is 10.3 Å². The minimum absolute atomic E-state index is 0.0948. The molecule has 23 heavy (non-hydrogen) atoms. The number of rotatable bonds is 7. The van der Waals surface area contributed by atoms with E-state index in [0.29, 0.717) is 25.5 Å². The van der Waals surface area contributed by atoms with Gasteiger partial charge in [0.1, 0.15) is 5.69 Å². The molecule has 0 unspecified atom stereocenters. The van der Waals surface area contributed by atoms with Crippen molar-refractivity contribution in [3.05, 3.63) is 24.0 Å². The van der Waals surface area contributed by atoms with E-state index in [1.54, 1.807) is 13.3 Å². The van der Waals surface area contributed by atoms with Gasteiger partial charge in [-0.25, -0.2) is 0 Å². The lowest BCUT2D eigenvalue weighted by molar-refractivity contribution is -0.0605. The van der Waals surface area contributed by atoms with Crippen LogP contribution in [0.3, 0.4) is 0 Å². The van der Waals surface area contributed by atoms with Crippen LogP contribution in [0.25, 0.3) is 0 Å². The highest BCUT2D eigenvalue weighted by Crippen LogP contribution is 2.28. The molecule has 0 aromatic carbocycles. The molecule has 128 valence electrons. The summed E-state index contributed by atoms with van der Waals surface area (Å²) in [4.78, 5) is 18.6. The van der Waals surface area contributed by atoms with E-state index in [1.807, 2.05) is 12.1 Å². The molecule has 1 aromatic heterocycles. The Morgan fingerprint density at radius 1 is 1.48 bits per heavy atom. The summed E-state index contributed by atoms with van der Waals surface area (Å²) in [6, 6.07) is 3.80.